The molecule has 1 N–H and O–H groups in total. The molecular weight excluding hydrogens is 218 g/mol. The predicted molar refractivity (Wildman–Crippen MR) is 65.0 cm³/mol. The fourth-order valence-corrected chi connectivity index (χ4v) is 1.91. The molecule has 1 aliphatic rings. The summed E-state index contributed by atoms with van der Waals surface area (Å²) in [6.07, 6.45) is 5.58. The maximum absolute atomic E-state index is 10.9. The fraction of sp³-hybridized carbons (Fsp3) is 0.250. The highest BCUT2D eigenvalue weighted by Crippen LogP contribution is 2.33. The molecule has 1 heterocycles. The second-order valence-corrected chi connectivity index (χ2v) is 4.23. The highest BCUT2D eigenvalue weighted by atomic mass is 16.6. The van der Waals surface area contributed by atoms with Gasteiger partial charge in [0.15, 0.2) is 0 Å². The van der Waals surface area contributed by atoms with Crippen LogP contribution in [-0.4, -0.2) is 15.9 Å². The maximum Gasteiger partial charge on any atom is 0.277 e. The van der Waals surface area contributed by atoms with Crippen LogP contribution in [0.3, 0.4) is 0 Å². The summed E-state index contributed by atoms with van der Waals surface area (Å²) in [6, 6.07) is 5.51. The van der Waals surface area contributed by atoms with E-state index in [-0.39, 0.29) is 10.6 Å². The number of rotatable bonds is 3. The average molecular weight is 229 g/mol. The Labute approximate surface area is 97.6 Å². The molecule has 0 aliphatic heterocycles. The molecule has 1 aromatic heterocycles. The lowest BCUT2D eigenvalue weighted by Crippen LogP contribution is -2.02. The number of nitrogens with one attached hydrogen (secondary N) is 1. The topological polar surface area (TPSA) is 68.1 Å². The molecule has 17 heavy (non-hydrogen) atoms. The Balaban J connectivity index is 2.18. The molecule has 3 rings (SSSR count). The first-order chi connectivity index (χ1) is 8.25. The molecule has 0 unspecified atom stereocenters. The van der Waals surface area contributed by atoms with Crippen LogP contribution in [0.1, 0.15) is 12.8 Å². The third-order valence-corrected chi connectivity index (χ3v) is 2.93. The van der Waals surface area contributed by atoms with Crippen molar-refractivity contribution >= 4 is 22.1 Å². The predicted octanol–water partition coefficient (Wildman–Crippen LogP) is 2.72. The van der Waals surface area contributed by atoms with E-state index in [4.69, 9.17) is 0 Å². The normalized spacial score (nSPS) is 14.8. The van der Waals surface area contributed by atoms with Gasteiger partial charge in [0.25, 0.3) is 5.69 Å². The number of nitro groups is 1. The van der Waals surface area contributed by atoms with Crippen LogP contribution in [0.2, 0.25) is 0 Å². The third kappa shape index (κ3) is 1.80. The summed E-state index contributed by atoms with van der Waals surface area (Å²) in [5.74, 6) is 0. The molecule has 1 aliphatic carbocycles. The third-order valence-electron chi connectivity index (χ3n) is 2.93. The van der Waals surface area contributed by atoms with Crippen LogP contribution >= 0.6 is 0 Å². The van der Waals surface area contributed by atoms with E-state index in [2.05, 4.69) is 10.3 Å². The van der Waals surface area contributed by atoms with Gasteiger partial charge in [0.1, 0.15) is 0 Å². The Morgan fingerprint density at radius 2 is 2.12 bits per heavy atom. The van der Waals surface area contributed by atoms with Crippen molar-refractivity contribution in [3.05, 3.63) is 40.7 Å². The number of aromatic nitrogens is 1. The van der Waals surface area contributed by atoms with Gasteiger partial charge in [-0.3, -0.25) is 15.1 Å². The molecule has 0 radical (unpaired) electrons. The Hall–Kier alpha value is -2.17. The summed E-state index contributed by atoms with van der Waals surface area (Å²) >= 11 is 0. The average Bonchev–Trinajstić information content (AvgIpc) is 3.13. The van der Waals surface area contributed by atoms with Crippen molar-refractivity contribution in [2.45, 2.75) is 18.9 Å². The number of anilines is 1. The van der Waals surface area contributed by atoms with Gasteiger partial charge in [-0.25, -0.2) is 0 Å². The summed E-state index contributed by atoms with van der Waals surface area (Å²) in [7, 11) is 0. The zero-order valence-corrected chi connectivity index (χ0v) is 9.09. The van der Waals surface area contributed by atoms with E-state index in [1.165, 1.54) is 12.8 Å². The quantitative estimate of drug-likeness (QED) is 0.649. The Morgan fingerprint density at radius 1 is 1.29 bits per heavy atom. The summed E-state index contributed by atoms with van der Waals surface area (Å²) in [4.78, 5) is 14.6. The highest BCUT2D eigenvalue weighted by Gasteiger charge is 2.22. The van der Waals surface area contributed by atoms with E-state index in [0.717, 1.165) is 11.1 Å². The minimum absolute atomic E-state index is 0.128. The number of hydrogen-bond donors (Lipinski definition) is 1. The molecule has 5 heteroatoms. The lowest BCUT2D eigenvalue weighted by Gasteiger charge is -2.08. The summed E-state index contributed by atoms with van der Waals surface area (Å²) in [5.41, 5.74) is 1.06. The molecule has 0 atom stereocenters. The molecule has 2 aromatic rings. The molecular formula is C12H11N3O2. The van der Waals surface area contributed by atoms with E-state index in [9.17, 15) is 10.1 Å². The number of non-ortho nitro benzene ring substituents is 1. The van der Waals surface area contributed by atoms with Crippen molar-refractivity contribution in [2.75, 3.05) is 5.32 Å². The van der Waals surface area contributed by atoms with E-state index >= 15 is 0 Å². The lowest BCUT2D eigenvalue weighted by atomic mass is 10.1. The molecule has 0 saturated heterocycles. The first-order valence-corrected chi connectivity index (χ1v) is 5.53. The van der Waals surface area contributed by atoms with Gasteiger partial charge in [-0.05, 0) is 25.0 Å². The van der Waals surface area contributed by atoms with Gasteiger partial charge in [-0.2, -0.15) is 0 Å². The van der Waals surface area contributed by atoms with Crippen LogP contribution in [-0.2, 0) is 0 Å². The molecule has 1 fully saturated rings. The van der Waals surface area contributed by atoms with E-state index in [1.807, 2.05) is 0 Å². The summed E-state index contributed by atoms with van der Waals surface area (Å²) < 4.78 is 0. The maximum atomic E-state index is 10.9. The van der Waals surface area contributed by atoms with Crippen LogP contribution in [0.15, 0.2) is 30.6 Å². The monoisotopic (exact) mass is 229 g/mol. The number of hydrogen-bond acceptors (Lipinski definition) is 4. The van der Waals surface area contributed by atoms with Gasteiger partial charge < -0.3 is 5.32 Å². The van der Waals surface area contributed by atoms with Crippen molar-refractivity contribution in [1.82, 2.24) is 4.98 Å². The van der Waals surface area contributed by atoms with Crippen molar-refractivity contribution in [3.8, 4) is 0 Å². The summed E-state index contributed by atoms with van der Waals surface area (Å²) in [6.45, 7) is 0. The SMILES string of the molecule is O=[N+]([O-])c1ccc(NC2CC2)c2cnccc12. The van der Waals surface area contributed by atoms with E-state index in [1.54, 1.807) is 30.6 Å². The van der Waals surface area contributed by atoms with Gasteiger partial charge >= 0.3 is 0 Å². The number of pyridine rings is 1. The number of fused-ring (bicyclic) bond motifs is 1. The molecule has 86 valence electrons. The van der Waals surface area contributed by atoms with Gasteiger partial charge in [0.2, 0.25) is 0 Å². The van der Waals surface area contributed by atoms with E-state index in [0.29, 0.717) is 11.4 Å². The lowest BCUT2D eigenvalue weighted by molar-refractivity contribution is -0.383. The second-order valence-electron chi connectivity index (χ2n) is 4.23. The Bertz CT molecular complexity index is 593. The van der Waals surface area contributed by atoms with Crippen LogP contribution in [0.5, 0.6) is 0 Å². The smallest absolute Gasteiger partial charge is 0.277 e. The van der Waals surface area contributed by atoms with Crippen LogP contribution in [0.25, 0.3) is 10.8 Å². The van der Waals surface area contributed by atoms with Crippen molar-refractivity contribution in [3.63, 3.8) is 0 Å². The molecule has 0 bridgehead atoms. The second kappa shape index (κ2) is 3.69. The summed E-state index contributed by atoms with van der Waals surface area (Å²) in [5, 5.41) is 15.7. The number of nitrogens with zero attached hydrogens (tertiary/aromatic N) is 2. The van der Waals surface area contributed by atoms with Gasteiger partial charge in [-0.1, -0.05) is 0 Å². The molecule has 1 saturated carbocycles. The first-order valence-electron chi connectivity index (χ1n) is 5.53. The fourth-order valence-electron chi connectivity index (χ4n) is 1.91. The molecule has 0 spiro atoms. The van der Waals surface area contributed by atoms with Crippen molar-refractivity contribution in [1.29, 1.82) is 0 Å². The highest BCUT2D eigenvalue weighted by molar-refractivity contribution is 5.99. The molecule has 5 nitrogen and oxygen atoms in total. The molecule has 0 amide bonds. The Kier molecular flexibility index (Phi) is 2.18. The van der Waals surface area contributed by atoms with Crippen LogP contribution in [0.4, 0.5) is 11.4 Å². The van der Waals surface area contributed by atoms with Crippen LogP contribution in [0, 0.1) is 10.1 Å². The Morgan fingerprint density at radius 3 is 2.82 bits per heavy atom. The number of nitro benzene ring substituents is 1. The zero-order valence-electron chi connectivity index (χ0n) is 9.09. The standard InChI is InChI=1S/C12H11N3O2/c16-15(17)12-4-3-11(14-8-1-2-8)10-7-13-6-5-9(10)12/h3-8,14H,1-2H2. The van der Waals surface area contributed by atoms with E-state index < -0.39 is 0 Å². The number of benzene rings is 1. The minimum atomic E-state index is -0.358. The van der Waals surface area contributed by atoms with Crippen molar-refractivity contribution < 1.29 is 4.92 Å². The largest absolute Gasteiger partial charge is 0.382 e. The first kappa shape index (κ1) is 10.0. The molecule has 1 aromatic carbocycles. The van der Waals surface area contributed by atoms with Gasteiger partial charge in [-0.15, -0.1) is 0 Å². The zero-order chi connectivity index (χ0) is 11.8. The van der Waals surface area contributed by atoms with Gasteiger partial charge in [0.05, 0.1) is 10.3 Å². The minimum Gasteiger partial charge on any atom is -0.382 e. The van der Waals surface area contributed by atoms with Crippen molar-refractivity contribution in [2.24, 2.45) is 0 Å². The van der Waals surface area contributed by atoms with Crippen LogP contribution < -0.4 is 5.32 Å². The van der Waals surface area contributed by atoms with Gasteiger partial charge in [0, 0.05) is 35.6 Å².